The van der Waals surface area contributed by atoms with Crippen LogP contribution in [0.5, 0.6) is 0 Å². The molecule has 40 heavy (non-hydrogen) atoms. The van der Waals surface area contributed by atoms with Gasteiger partial charge in [-0.3, -0.25) is 20.1 Å². The zero-order chi connectivity index (χ0) is 28.6. The highest BCUT2D eigenvalue weighted by Gasteiger charge is 2.29. The number of benzene rings is 2. The fraction of sp³-hybridized carbons (Fsp3) is 0.400. The Bertz CT molecular complexity index is 1430. The number of hydrogen-bond acceptors (Lipinski definition) is 5. The van der Waals surface area contributed by atoms with E-state index < -0.39 is 35.9 Å². The number of methoxy groups -OCH3 is 1. The third-order valence-electron chi connectivity index (χ3n) is 7.11. The van der Waals surface area contributed by atoms with Crippen LogP contribution < -0.4 is 21.7 Å². The van der Waals surface area contributed by atoms with Gasteiger partial charge in [-0.05, 0) is 67.5 Å². The fourth-order valence-corrected chi connectivity index (χ4v) is 5.03. The van der Waals surface area contributed by atoms with Gasteiger partial charge in [0.2, 0.25) is 17.7 Å². The van der Waals surface area contributed by atoms with E-state index in [1.165, 1.54) is 14.0 Å². The van der Waals surface area contributed by atoms with Crippen molar-refractivity contribution in [3.05, 3.63) is 59.7 Å². The molecule has 3 aromatic rings. The Hall–Kier alpha value is -4.18. The van der Waals surface area contributed by atoms with Gasteiger partial charge >= 0.3 is 5.97 Å². The van der Waals surface area contributed by atoms with Crippen LogP contribution in [0, 0.1) is 0 Å². The smallest absolute Gasteiger partial charge is 0.328 e. The molecule has 4 bridgehead atoms. The molecule has 4 rings (SSSR count). The second kappa shape index (κ2) is 13.3. The molecule has 5 N–H and O–H groups in total. The molecule has 1 aromatic heterocycles. The number of H-pyrrole nitrogens is 1. The Morgan fingerprint density at radius 3 is 2.35 bits per heavy atom. The van der Waals surface area contributed by atoms with E-state index in [-0.39, 0.29) is 31.7 Å². The molecule has 1 aliphatic heterocycles. The Morgan fingerprint density at radius 1 is 0.975 bits per heavy atom. The second-order valence-corrected chi connectivity index (χ2v) is 10.1. The summed E-state index contributed by atoms with van der Waals surface area (Å²) >= 11 is 0. The van der Waals surface area contributed by atoms with E-state index in [1.807, 2.05) is 42.5 Å². The summed E-state index contributed by atoms with van der Waals surface area (Å²) in [5.74, 6) is -1.98. The van der Waals surface area contributed by atoms with E-state index in [0.29, 0.717) is 19.3 Å². The molecule has 3 atom stereocenters. The first kappa shape index (κ1) is 28.8. The van der Waals surface area contributed by atoms with Gasteiger partial charge in [0.15, 0.2) is 0 Å². The molecule has 1 aliphatic rings. The van der Waals surface area contributed by atoms with Crippen LogP contribution in [-0.4, -0.2) is 60.5 Å². The predicted molar refractivity (Wildman–Crippen MR) is 152 cm³/mol. The normalized spacial score (nSPS) is 21.1. The quantitative estimate of drug-likeness (QED) is 0.213. The lowest BCUT2D eigenvalue weighted by Crippen LogP contribution is -2.56. The van der Waals surface area contributed by atoms with E-state index in [9.17, 15) is 19.2 Å². The molecule has 1 radical (unpaired) electrons. The van der Waals surface area contributed by atoms with Gasteiger partial charge < -0.3 is 25.7 Å². The number of nitrogens with one attached hydrogen (secondary N) is 5. The summed E-state index contributed by atoms with van der Waals surface area (Å²) in [6, 6.07) is 9.31. The number of unbranched alkanes of at least 4 members (excludes halogenated alkanes) is 1. The molecule has 1 unspecified atom stereocenters. The first-order valence-electron chi connectivity index (χ1n) is 13.6. The molecular formula is C30H36N5O5. The first-order chi connectivity index (χ1) is 19.3. The molecule has 2 heterocycles. The molecule has 2 aromatic carbocycles. The lowest BCUT2D eigenvalue weighted by molar-refractivity contribution is -0.145. The monoisotopic (exact) mass is 546 g/mol. The van der Waals surface area contributed by atoms with Crippen molar-refractivity contribution < 1.29 is 23.9 Å². The van der Waals surface area contributed by atoms with Crippen molar-refractivity contribution in [3.63, 3.8) is 0 Å². The predicted octanol–water partition coefficient (Wildman–Crippen LogP) is 2.47. The summed E-state index contributed by atoms with van der Waals surface area (Å²) in [6.45, 7) is 1.54. The number of hydrogen-bond donors (Lipinski definition) is 4. The SMILES string of the molecule is COC(=O)[C@@H]1C/C=C/Cc2ccc3[nH]c4ccc(cc4c3c2)CC(NC(C)=O)C(=O)N[C@H](CCCC[NH])C(=O)N1. The standard InChI is InChI=1S/C30H36N5O5/c1-18(36)32-27-17-20-11-13-24-22(16-20)21-15-19(10-12-23(21)33-24)7-3-4-9-26(30(39)40-2)35-28(37)25(34-29(27)38)8-5-6-14-31/h3-4,10-13,15-16,25-27,31,33H,5-9,14,17H2,1-2H3,(H,32,36)(H,34,38)(H,35,37)/b4-3+/t25-,26+,27?/m1/s1. The number of amides is 3. The summed E-state index contributed by atoms with van der Waals surface area (Å²) in [6.07, 6.45) is 6.26. The van der Waals surface area contributed by atoms with Crippen molar-refractivity contribution >= 4 is 45.5 Å². The Labute approximate surface area is 233 Å². The Balaban J connectivity index is 1.74. The summed E-state index contributed by atoms with van der Waals surface area (Å²) in [4.78, 5) is 54.7. The lowest BCUT2D eigenvalue weighted by atomic mass is 10.00. The van der Waals surface area contributed by atoms with Gasteiger partial charge in [-0.2, -0.15) is 0 Å². The number of rotatable bonds is 6. The third-order valence-corrected chi connectivity index (χ3v) is 7.11. The molecule has 3 amide bonds. The van der Waals surface area contributed by atoms with Crippen LogP contribution in [0.2, 0.25) is 0 Å². The number of fused-ring (bicyclic) bond motifs is 2. The lowest BCUT2D eigenvalue weighted by Gasteiger charge is -2.24. The van der Waals surface area contributed by atoms with Crippen LogP contribution in [0.15, 0.2) is 48.6 Å². The van der Waals surface area contributed by atoms with Crippen LogP contribution in [0.3, 0.4) is 0 Å². The maximum Gasteiger partial charge on any atom is 0.328 e. The van der Waals surface area contributed by atoms with Crippen molar-refractivity contribution in [1.29, 1.82) is 0 Å². The van der Waals surface area contributed by atoms with Crippen LogP contribution >= 0.6 is 0 Å². The number of carbonyl (C=O) groups excluding carboxylic acids is 4. The van der Waals surface area contributed by atoms with E-state index in [2.05, 4.69) is 27.0 Å². The van der Waals surface area contributed by atoms with Gasteiger partial charge in [-0.15, -0.1) is 0 Å². The minimum absolute atomic E-state index is 0.198. The van der Waals surface area contributed by atoms with Crippen LogP contribution in [0.25, 0.3) is 21.8 Å². The van der Waals surface area contributed by atoms with E-state index >= 15 is 0 Å². The van der Waals surface area contributed by atoms with Crippen molar-refractivity contribution in [2.75, 3.05) is 13.7 Å². The third kappa shape index (κ3) is 7.06. The van der Waals surface area contributed by atoms with Gasteiger partial charge in [0.1, 0.15) is 18.1 Å². The molecular weight excluding hydrogens is 510 g/mol. The highest BCUT2D eigenvalue weighted by molar-refractivity contribution is 6.07. The summed E-state index contributed by atoms with van der Waals surface area (Å²) in [5, 5.41) is 10.3. The Kier molecular flexibility index (Phi) is 9.55. The molecule has 0 saturated heterocycles. The van der Waals surface area contributed by atoms with Crippen molar-refractivity contribution in [1.82, 2.24) is 26.7 Å². The molecule has 0 saturated carbocycles. The van der Waals surface area contributed by atoms with E-state index in [4.69, 9.17) is 10.5 Å². The minimum atomic E-state index is -0.947. The van der Waals surface area contributed by atoms with Crippen LogP contribution in [0.4, 0.5) is 0 Å². The average molecular weight is 547 g/mol. The van der Waals surface area contributed by atoms with Crippen molar-refractivity contribution in [2.45, 2.75) is 63.6 Å². The number of aromatic amines is 1. The summed E-state index contributed by atoms with van der Waals surface area (Å²) in [7, 11) is 1.26. The van der Waals surface area contributed by atoms with Crippen LogP contribution in [0.1, 0.15) is 43.7 Å². The van der Waals surface area contributed by atoms with Crippen molar-refractivity contribution in [3.8, 4) is 0 Å². The zero-order valence-electron chi connectivity index (χ0n) is 22.8. The summed E-state index contributed by atoms with van der Waals surface area (Å²) < 4.78 is 4.91. The van der Waals surface area contributed by atoms with Gasteiger partial charge in [0.05, 0.1) is 7.11 Å². The number of esters is 1. The van der Waals surface area contributed by atoms with Crippen LogP contribution in [-0.2, 0) is 36.8 Å². The van der Waals surface area contributed by atoms with Gasteiger partial charge in [0, 0.05) is 41.7 Å². The minimum Gasteiger partial charge on any atom is -0.467 e. The highest BCUT2D eigenvalue weighted by Crippen LogP contribution is 2.28. The molecule has 0 spiro atoms. The zero-order valence-corrected chi connectivity index (χ0v) is 22.8. The number of allylic oxidation sites excluding steroid dienone is 1. The topological polar surface area (TPSA) is 153 Å². The second-order valence-electron chi connectivity index (χ2n) is 10.1. The number of aromatic nitrogens is 1. The summed E-state index contributed by atoms with van der Waals surface area (Å²) in [5.41, 5.74) is 11.3. The van der Waals surface area contributed by atoms with Crippen molar-refractivity contribution in [2.24, 2.45) is 0 Å². The fourth-order valence-electron chi connectivity index (χ4n) is 5.03. The largest absolute Gasteiger partial charge is 0.467 e. The van der Waals surface area contributed by atoms with Gasteiger partial charge in [-0.1, -0.05) is 24.3 Å². The van der Waals surface area contributed by atoms with Gasteiger partial charge in [-0.25, -0.2) is 4.79 Å². The first-order valence-corrected chi connectivity index (χ1v) is 13.6. The van der Waals surface area contributed by atoms with E-state index in [0.717, 1.165) is 32.9 Å². The maximum atomic E-state index is 13.5. The highest BCUT2D eigenvalue weighted by atomic mass is 16.5. The number of carbonyl (C=O) groups is 4. The Morgan fingerprint density at radius 2 is 1.68 bits per heavy atom. The average Bonchev–Trinajstić information content (AvgIpc) is 3.29. The van der Waals surface area contributed by atoms with E-state index in [1.54, 1.807) is 0 Å². The van der Waals surface area contributed by atoms with Gasteiger partial charge in [0.25, 0.3) is 0 Å². The molecule has 10 nitrogen and oxygen atoms in total. The number of ether oxygens (including phenoxy) is 1. The molecule has 0 aliphatic carbocycles. The molecule has 0 fully saturated rings. The molecule has 211 valence electrons. The maximum absolute atomic E-state index is 13.5. The molecule has 10 heteroatoms.